The molecule has 6 nitrogen and oxygen atoms in total. The van der Waals surface area contributed by atoms with Gasteiger partial charge in [-0.3, -0.25) is 9.59 Å². The maximum absolute atomic E-state index is 12.5. The molecular weight excluding hydrogens is 378 g/mol. The molecule has 2 aliphatic rings. The van der Waals surface area contributed by atoms with Crippen LogP contribution in [0.15, 0.2) is 47.4 Å². The van der Waals surface area contributed by atoms with Gasteiger partial charge in [-0.15, -0.1) is 0 Å². The van der Waals surface area contributed by atoms with E-state index in [4.69, 9.17) is 4.74 Å². The Bertz CT molecular complexity index is 1040. The standard InChI is InChI=1S/C21H21NO5S/c23-20(14-15-9-10-16-5-1-2-6-17(16)13-15)27-12-11-22-21(24)18-7-3-4-8-19(18)28(22,25)26/h3-4,7-10,13H,1-2,5-6,11-12,14H2. The van der Waals surface area contributed by atoms with Crippen LogP contribution in [-0.2, 0) is 38.8 Å². The molecule has 1 aliphatic carbocycles. The average Bonchev–Trinajstić information content (AvgIpc) is 2.89. The zero-order chi connectivity index (χ0) is 19.7. The lowest BCUT2D eigenvalue weighted by Crippen LogP contribution is -2.33. The van der Waals surface area contributed by atoms with Crippen LogP contribution in [0.4, 0.5) is 0 Å². The summed E-state index contributed by atoms with van der Waals surface area (Å²) < 4.78 is 30.9. The second-order valence-corrected chi connectivity index (χ2v) is 8.92. The Labute approximate surface area is 164 Å². The van der Waals surface area contributed by atoms with Crippen LogP contribution in [0.2, 0.25) is 0 Å². The molecule has 0 saturated carbocycles. The van der Waals surface area contributed by atoms with Gasteiger partial charge in [0.15, 0.2) is 0 Å². The summed E-state index contributed by atoms with van der Waals surface area (Å²) in [6.07, 6.45) is 4.63. The molecule has 0 atom stereocenters. The third-order valence-electron chi connectivity index (χ3n) is 5.23. The van der Waals surface area contributed by atoms with Gasteiger partial charge in [0, 0.05) is 0 Å². The van der Waals surface area contributed by atoms with E-state index in [1.807, 2.05) is 6.07 Å². The van der Waals surface area contributed by atoms with Crippen LogP contribution >= 0.6 is 0 Å². The Morgan fingerprint density at radius 2 is 1.79 bits per heavy atom. The van der Waals surface area contributed by atoms with E-state index in [1.165, 1.54) is 36.1 Å². The van der Waals surface area contributed by atoms with Crippen LogP contribution in [0.5, 0.6) is 0 Å². The first-order valence-corrected chi connectivity index (χ1v) is 10.8. The molecule has 1 aliphatic heterocycles. The molecule has 0 fully saturated rings. The highest BCUT2D eigenvalue weighted by Gasteiger charge is 2.40. The molecule has 1 heterocycles. The molecule has 7 heteroatoms. The van der Waals surface area contributed by atoms with Crippen molar-refractivity contribution in [3.63, 3.8) is 0 Å². The van der Waals surface area contributed by atoms with Gasteiger partial charge in [0.25, 0.3) is 15.9 Å². The van der Waals surface area contributed by atoms with E-state index < -0.39 is 21.9 Å². The van der Waals surface area contributed by atoms with Crippen molar-refractivity contribution in [1.82, 2.24) is 4.31 Å². The fourth-order valence-electron chi connectivity index (χ4n) is 3.81. The Morgan fingerprint density at radius 3 is 2.57 bits per heavy atom. The summed E-state index contributed by atoms with van der Waals surface area (Å²) in [5.74, 6) is -1.02. The number of fused-ring (bicyclic) bond motifs is 2. The zero-order valence-corrected chi connectivity index (χ0v) is 16.2. The van der Waals surface area contributed by atoms with Crippen molar-refractivity contribution in [2.24, 2.45) is 0 Å². The highest BCUT2D eigenvalue weighted by atomic mass is 32.2. The minimum absolute atomic E-state index is 0.000357. The minimum Gasteiger partial charge on any atom is -0.463 e. The number of nitrogens with zero attached hydrogens (tertiary/aromatic N) is 1. The van der Waals surface area contributed by atoms with Gasteiger partial charge in [-0.2, -0.15) is 0 Å². The predicted octanol–water partition coefficient (Wildman–Crippen LogP) is 2.50. The van der Waals surface area contributed by atoms with Crippen molar-refractivity contribution >= 4 is 21.9 Å². The highest BCUT2D eigenvalue weighted by molar-refractivity contribution is 7.90. The van der Waals surface area contributed by atoms with E-state index in [0.717, 1.165) is 22.7 Å². The number of esters is 1. The highest BCUT2D eigenvalue weighted by Crippen LogP contribution is 2.29. The third kappa shape index (κ3) is 3.42. The number of sulfonamides is 1. The summed E-state index contributed by atoms with van der Waals surface area (Å²) in [5, 5.41) is 0. The van der Waals surface area contributed by atoms with Crippen LogP contribution in [-0.4, -0.2) is 37.8 Å². The molecule has 28 heavy (non-hydrogen) atoms. The molecule has 4 rings (SSSR count). The molecule has 2 aromatic rings. The molecule has 0 saturated heterocycles. The first-order chi connectivity index (χ1) is 13.5. The fourth-order valence-corrected chi connectivity index (χ4v) is 5.36. The average molecular weight is 399 g/mol. The predicted molar refractivity (Wildman–Crippen MR) is 102 cm³/mol. The van der Waals surface area contributed by atoms with Crippen LogP contribution in [0.25, 0.3) is 0 Å². The van der Waals surface area contributed by atoms with Crippen molar-refractivity contribution in [1.29, 1.82) is 0 Å². The molecular formula is C21H21NO5S. The number of hydrogen-bond donors (Lipinski definition) is 0. The number of ether oxygens (including phenoxy) is 1. The molecule has 0 radical (unpaired) electrons. The summed E-state index contributed by atoms with van der Waals surface area (Å²) in [5.41, 5.74) is 3.69. The van der Waals surface area contributed by atoms with E-state index in [1.54, 1.807) is 12.1 Å². The lowest BCUT2D eigenvalue weighted by atomic mass is 9.90. The first kappa shape index (κ1) is 18.7. The number of amides is 1. The number of carbonyl (C=O) groups is 2. The smallest absolute Gasteiger partial charge is 0.310 e. The quantitative estimate of drug-likeness (QED) is 0.722. The number of benzene rings is 2. The van der Waals surface area contributed by atoms with E-state index in [0.29, 0.717) is 0 Å². The van der Waals surface area contributed by atoms with E-state index in [9.17, 15) is 18.0 Å². The molecule has 0 spiro atoms. The van der Waals surface area contributed by atoms with Gasteiger partial charge >= 0.3 is 5.97 Å². The van der Waals surface area contributed by atoms with Crippen LogP contribution in [0.3, 0.4) is 0 Å². The molecule has 2 aromatic carbocycles. The number of rotatable bonds is 5. The van der Waals surface area contributed by atoms with Crippen LogP contribution < -0.4 is 0 Å². The maximum Gasteiger partial charge on any atom is 0.310 e. The number of carbonyl (C=O) groups excluding carboxylic acids is 2. The SMILES string of the molecule is O=C(Cc1ccc2c(c1)CCCC2)OCCN1C(=O)c2ccccc2S1(=O)=O. The molecule has 0 aromatic heterocycles. The summed E-state index contributed by atoms with van der Waals surface area (Å²) in [7, 11) is -3.87. The Morgan fingerprint density at radius 1 is 1.04 bits per heavy atom. The van der Waals surface area contributed by atoms with Gasteiger partial charge in [0.1, 0.15) is 11.5 Å². The Balaban J connectivity index is 1.34. The summed E-state index contributed by atoms with van der Waals surface area (Å²) >= 11 is 0. The van der Waals surface area contributed by atoms with E-state index >= 15 is 0 Å². The Kier molecular flexibility index (Phi) is 4.93. The summed E-state index contributed by atoms with van der Waals surface area (Å²) in [6, 6.07) is 12.2. The van der Waals surface area contributed by atoms with Crippen molar-refractivity contribution in [2.45, 2.75) is 37.0 Å². The largest absolute Gasteiger partial charge is 0.463 e. The normalized spacial score (nSPS) is 17.1. The summed E-state index contributed by atoms with van der Waals surface area (Å²) in [4.78, 5) is 24.5. The van der Waals surface area contributed by atoms with E-state index in [2.05, 4.69) is 12.1 Å². The summed E-state index contributed by atoms with van der Waals surface area (Å²) in [6.45, 7) is -0.353. The van der Waals surface area contributed by atoms with Crippen molar-refractivity contribution in [3.05, 3.63) is 64.7 Å². The minimum atomic E-state index is -3.87. The van der Waals surface area contributed by atoms with Crippen molar-refractivity contribution < 1.29 is 22.7 Å². The van der Waals surface area contributed by atoms with Gasteiger partial charge in [-0.05, 0) is 54.5 Å². The molecule has 0 bridgehead atoms. The second kappa shape index (κ2) is 7.39. The van der Waals surface area contributed by atoms with Crippen LogP contribution in [0.1, 0.15) is 39.9 Å². The lowest BCUT2D eigenvalue weighted by Gasteiger charge is -2.17. The third-order valence-corrected chi connectivity index (χ3v) is 7.07. The Hall–Kier alpha value is -2.67. The molecule has 0 N–H and O–H groups in total. The fraction of sp³-hybridized carbons (Fsp3) is 0.333. The van der Waals surface area contributed by atoms with E-state index in [-0.39, 0.29) is 30.0 Å². The van der Waals surface area contributed by atoms with Crippen molar-refractivity contribution in [3.8, 4) is 0 Å². The maximum atomic E-state index is 12.5. The molecule has 1 amide bonds. The monoisotopic (exact) mass is 399 g/mol. The van der Waals surface area contributed by atoms with Gasteiger partial charge in [-0.1, -0.05) is 30.3 Å². The molecule has 0 unspecified atom stereocenters. The zero-order valence-electron chi connectivity index (χ0n) is 15.4. The van der Waals surface area contributed by atoms with Gasteiger partial charge in [0.2, 0.25) is 0 Å². The number of aryl methyl sites for hydroxylation is 2. The second-order valence-electron chi connectivity index (χ2n) is 7.09. The topological polar surface area (TPSA) is 80.8 Å². The van der Waals surface area contributed by atoms with Crippen molar-refractivity contribution in [2.75, 3.05) is 13.2 Å². The lowest BCUT2D eigenvalue weighted by molar-refractivity contribution is -0.142. The first-order valence-electron chi connectivity index (χ1n) is 9.39. The molecule has 146 valence electrons. The van der Waals surface area contributed by atoms with Crippen LogP contribution in [0, 0.1) is 0 Å². The van der Waals surface area contributed by atoms with Gasteiger partial charge < -0.3 is 4.74 Å². The van der Waals surface area contributed by atoms with Gasteiger partial charge in [-0.25, -0.2) is 12.7 Å². The van der Waals surface area contributed by atoms with Gasteiger partial charge in [0.05, 0.1) is 18.5 Å². The number of hydrogen-bond acceptors (Lipinski definition) is 5.